The Morgan fingerprint density at radius 2 is 1.71 bits per heavy atom. The Morgan fingerprint density at radius 1 is 1.19 bits per heavy atom. The average Bonchev–Trinajstić information content (AvgIpc) is 2.28. The van der Waals surface area contributed by atoms with Crippen molar-refractivity contribution in [1.82, 2.24) is 9.80 Å². The number of piperazine rings is 1. The van der Waals surface area contributed by atoms with E-state index in [9.17, 15) is 14.7 Å². The topological polar surface area (TPSA) is 72.9 Å². The number of aliphatic carboxylic acids is 1. The monoisotopic (exact) mass is 324 g/mol. The number of hydrogen-bond donors (Lipinski definition) is 0. The summed E-state index contributed by atoms with van der Waals surface area (Å²) in [6.07, 6.45) is -0.349. The van der Waals surface area contributed by atoms with Crippen molar-refractivity contribution in [2.75, 3.05) is 13.1 Å². The van der Waals surface area contributed by atoms with Crippen LogP contribution >= 0.6 is 0 Å². The van der Waals surface area contributed by atoms with Gasteiger partial charge in [-0.3, -0.25) is 4.90 Å². The third-order valence-electron chi connectivity index (χ3n) is 3.50. The first-order valence-corrected chi connectivity index (χ1v) is 6.99. The van der Waals surface area contributed by atoms with Crippen LogP contribution in [-0.4, -0.2) is 58.7 Å². The molecule has 1 aliphatic rings. The van der Waals surface area contributed by atoms with E-state index in [1.165, 1.54) is 0 Å². The predicted molar refractivity (Wildman–Crippen MR) is 73.0 cm³/mol. The average molecular weight is 324 g/mol. The van der Waals surface area contributed by atoms with Crippen LogP contribution in [0.1, 0.15) is 41.5 Å². The molecule has 0 aliphatic carbocycles. The van der Waals surface area contributed by atoms with Gasteiger partial charge in [-0.2, -0.15) is 0 Å². The zero-order valence-corrected chi connectivity index (χ0v) is 17.3. The summed E-state index contributed by atoms with van der Waals surface area (Å²) in [5.74, 6) is -1.09. The van der Waals surface area contributed by atoms with E-state index in [-0.39, 0.29) is 69.6 Å². The van der Waals surface area contributed by atoms with Gasteiger partial charge in [0.25, 0.3) is 0 Å². The summed E-state index contributed by atoms with van der Waals surface area (Å²) in [6.45, 7) is 11.8. The fourth-order valence-electron chi connectivity index (χ4n) is 2.40. The van der Waals surface area contributed by atoms with E-state index in [1.54, 1.807) is 11.8 Å². The third kappa shape index (κ3) is 6.15. The van der Waals surface area contributed by atoms with Crippen molar-refractivity contribution >= 4 is 12.1 Å². The van der Waals surface area contributed by atoms with Gasteiger partial charge in [0.1, 0.15) is 5.60 Å². The van der Waals surface area contributed by atoms with Crippen LogP contribution in [0.5, 0.6) is 0 Å². The Labute approximate surface area is 169 Å². The largest absolute Gasteiger partial charge is 1.00 e. The van der Waals surface area contributed by atoms with E-state index in [4.69, 9.17) is 4.74 Å². The Bertz CT molecular complexity index is 384. The molecule has 7 heteroatoms. The number of carboxylic acids is 1. The first kappa shape index (κ1) is 21.3. The fraction of sp³-hybridized carbons (Fsp3) is 0.857. The van der Waals surface area contributed by atoms with Gasteiger partial charge in [-0.1, -0.05) is 0 Å². The molecule has 0 aromatic rings. The normalized spacial score (nSPS) is 25.0. The van der Waals surface area contributed by atoms with E-state index < -0.39 is 17.6 Å². The minimum Gasteiger partial charge on any atom is -0.548 e. The fourth-order valence-corrected chi connectivity index (χ4v) is 2.40. The molecule has 3 atom stereocenters. The van der Waals surface area contributed by atoms with E-state index in [1.807, 2.05) is 39.5 Å². The number of carboxylic acid groups (broad SMARTS) is 1. The Morgan fingerprint density at radius 3 is 2.14 bits per heavy atom. The summed E-state index contributed by atoms with van der Waals surface area (Å²) in [7, 11) is 0. The first-order valence-electron chi connectivity index (χ1n) is 6.99. The van der Waals surface area contributed by atoms with Gasteiger partial charge >= 0.3 is 57.5 Å². The molecule has 1 aliphatic heterocycles. The third-order valence-corrected chi connectivity index (χ3v) is 3.50. The summed E-state index contributed by atoms with van der Waals surface area (Å²) >= 11 is 0. The maximum atomic E-state index is 12.1. The van der Waals surface area contributed by atoms with Gasteiger partial charge in [-0.25, -0.2) is 4.79 Å². The van der Waals surface area contributed by atoms with Gasteiger partial charge < -0.3 is 19.5 Å². The second-order valence-corrected chi connectivity index (χ2v) is 6.52. The molecule has 1 heterocycles. The van der Waals surface area contributed by atoms with Gasteiger partial charge in [0, 0.05) is 31.2 Å². The molecule has 0 saturated carbocycles. The molecule has 1 amide bonds. The predicted octanol–water partition coefficient (Wildman–Crippen LogP) is -2.54. The number of carbonyl (C=O) groups excluding carboxylic acids is 2. The molecule has 0 bridgehead atoms. The van der Waals surface area contributed by atoms with Crippen LogP contribution in [0.2, 0.25) is 0 Å². The summed E-state index contributed by atoms with van der Waals surface area (Å²) in [6, 6.07) is -0.803. The Kier molecular flexibility index (Phi) is 8.39. The van der Waals surface area contributed by atoms with Crippen LogP contribution in [0.4, 0.5) is 4.79 Å². The minimum absolute atomic E-state index is 0. The molecular formula is C14H25KN2O4. The molecule has 1 rings (SSSR count). The molecule has 0 spiro atoms. The van der Waals surface area contributed by atoms with Crippen molar-refractivity contribution in [3.05, 3.63) is 0 Å². The van der Waals surface area contributed by atoms with Gasteiger partial charge in [-0.05, 0) is 41.5 Å². The zero-order valence-electron chi connectivity index (χ0n) is 14.2. The van der Waals surface area contributed by atoms with E-state index in [2.05, 4.69) is 0 Å². The second kappa shape index (κ2) is 8.26. The molecule has 0 aromatic carbocycles. The number of carbonyl (C=O) groups is 2. The van der Waals surface area contributed by atoms with Crippen LogP contribution in [0, 0.1) is 0 Å². The van der Waals surface area contributed by atoms with Crippen LogP contribution in [-0.2, 0) is 9.53 Å². The van der Waals surface area contributed by atoms with Gasteiger partial charge in [0.2, 0.25) is 0 Å². The number of ether oxygens (including phenoxy) is 1. The number of rotatable bonds is 2. The summed E-state index contributed by atoms with van der Waals surface area (Å²) in [5, 5.41) is 11.0. The number of hydrogen-bond acceptors (Lipinski definition) is 5. The zero-order chi connectivity index (χ0) is 15.7. The van der Waals surface area contributed by atoms with E-state index >= 15 is 0 Å². The van der Waals surface area contributed by atoms with E-state index in [0.29, 0.717) is 13.1 Å². The van der Waals surface area contributed by atoms with Crippen LogP contribution < -0.4 is 56.5 Å². The van der Waals surface area contributed by atoms with Crippen molar-refractivity contribution in [3.63, 3.8) is 0 Å². The standard InChI is InChI=1S/C14H26N2O4.K/c1-9-8-16(13(19)20-14(4,5)6)10(2)7-15(9)11(3)12(17)18;/h9-11H,7-8H2,1-6H3,(H,17,18);/q;+1/p-1/t9-,10+,11?;/m1./s1. The SMILES string of the molecule is CC(C(=O)[O-])N1C[C@H](C)N(C(=O)OC(C)(C)C)C[C@H]1C.[K+]. The van der Waals surface area contributed by atoms with E-state index in [0.717, 1.165) is 0 Å². The molecule has 6 nitrogen and oxygen atoms in total. The maximum absolute atomic E-state index is 12.1. The molecule has 116 valence electrons. The van der Waals surface area contributed by atoms with Crippen LogP contribution in [0.25, 0.3) is 0 Å². The smallest absolute Gasteiger partial charge is 0.548 e. The van der Waals surface area contributed by atoms with Crippen molar-refractivity contribution in [2.24, 2.45) is 0 Å². The van der Waals surface area contributed by atoms with Gasteiger partial charge in [0.05, 0.1) is 5.97 Å². The van der Waals surface area contributed by atoms with Crippen molar-refractivity contribution in [3.8, 4) is 0 Å². The summed E-state index contributed by atoms with van der Waals surface area (Å²) in [5.41, 5.74) is -0.532. The summed E-state index contributed by atoms with van der Waals surface area (Å²) in [4.78, 5) is 26.6. The Balaban J connectivity index is 0.00000400. The molecule has 0 radical (unpaired) electrons. The van der Waals surface area contributed by atoms with Crippen LogP contribution in [0.15, 0.2) is 0 Å². The Hall–Kier alpha value is 0.336. The molecule has 1 saturated heterocycles. The number of amides is 1. The molecule has 1 fully saturated rings. The quantitative estimate of drug-likeness (QED) is 0.523. The van der Waals surface area contributed by atoms with Crippen molar-refractivity contribution < 1.29 is 70.8 Å². The van der Waals surface area contributed by atoms with Crippen LogP contribution in [0.3, 0.4) is 0 Å². The number of nitrogens with zero attached hydrogens (tertiary/aromatic N) is 2. The molecule has 0 aromatic heterocycles. The molecule has 0 N–H and O–H groups in total. The van der Waals surface area contributed by atoms with Crippen molar-refractivity contribution in [2.45, 2.75) is 65.3 Å². The maximum Gasteiger partial charge on any atom is 1.00 e. The van der Waals surface area contributed by atoms with Gasteiger partial charge in [0.15, 0.2) is 0 Å². The molecule has 1 unspecified atom stereocenters. The molecular weight excluding hydrogens is 299 g/mol. The van der Waals surface area contributed by atoms with Gasteiger partial charge in [-0.15, -0.1) is 0 Å². The molecule has 21 heavy (non-hydrogen) atoms. The second-order valence-electron chi connectivity index (χ2n) is 6.52. The first-order chi connectivity index (χ1) is 9.03. The summed E-state index contributed by atoms with van der Waals surface area (Å²) < 4.78 is 5.38. The van der Waals surface area contributed by atoms with Crippen molar-refractivity contribution in [1.29, 1.82) is 0 Å². The minimum atomic E-state index is -1.09.